The van der Waals surface area contributed by atoms with Crippen molar-refractivity contribution in [1.29, 1.82) is 5.26 Å². The van der Waals surface area contributed by atoms with E-state index >= 15 is 0 Å². The standard InChI is InChI=1S/C22H22N2O5/c1-15-4-7-18(16(2)12-15)24-21(25)14-29-22(26)9-6-17-5-8-19(28-11-10-23)20(13-17)27-3/h4-9,12-13H,11,14H2,1-3H3,(H,24,25)/b9-6+. The first kappa shape index (κ1) is 21.5. The highest BCUT2D eigenvalue weighted by Gasteiger charge is 2.08. The Hall–Kier alpha value is -3.79. The van der Waals surface area contributed by atoms with Gasteiger partial charge in [-0.1, -0.05) is 23.8 Å². The highest BCUT2D eigenvalue weighted by atomic mass is 16.5. The number of hydrogen-bond donors (Lipinski definition) is 1. The maximum atomic E-state index is 12.0. The van der Waals surface area contributed by atoms with Gasteiger partial charge in [-0.25, -0.2) is 4.79 Å². The maximum Gasteiger partial charge on any atom is 0.331 e. The Kier molecular flexibility index (Phi) is 7.80. The molecule has 150 valence electrons. The summed E-state index contributed by atoms with van der Waals surface area (Å²) in [7, 11) is 1.48. The summed E-state index contributed by atoms with van der Waals surface area (Å²) in [6.07, 6.45) is 2.75. The molecule has 0 fully saturated rings. The van der Waals surface area contributed by atoms with Gasteiger partial charge in [-0.3, -0.25) is 4.79 Å². The third kappa shape index (κ3) is 6.70. The van der Waals surface area contributed by atoms with Gasteiger partial charge in [0, 0.05) is 11.8 Å². The number of rotatable bonds is 8. The van der Waals surface area contributed by atoms with Gasteiger partial charge >= 0.3 is 5.97 Å². The summed E-state index contributed by atoms with van der Waals surface area (Å²) in [5, 5.41) is 11.3. The van der Waals surface area contributed by atoms with Crippen molar-refractivity contribution >= 4 is 23.6 Å². The van der Waals surface area contributed by atoms with E-state index in [1.165, 1.54) is 19.3 Å². The van der Waals surface area contributed by atoms with Crippen molar-refractivity contribution in [3.63, 3.8) is 0 Å². The fourth-order valence-electron chi connectivity index (χ4n) is 2.51. The highest BCUT2D eigenvalue weighted by Crippen LogP contribution is 2.28. The van der Waals surface area contributed by atoms with Crippen LogP contribution in [-0.4, -0.2) is 32.2 Å². The Morgan fingerprint density at radius 3 is 2.62 bits per heavy atom. The van der Waals surface area contributed by atoms with E-state index in [1.807, 2.05) is 38.1 Å². The molecule has 0 aromatic heterocycles. The zero-order valence-corrected chi connectivity index (χ0v) is 16.5. The summed E-state index contributed by atoms with van der Waals surface area (Å²) >= 11 is 0. The van der Waals surface area contributed by atoms with Gasteiger partial charge in [0.05, 0.1) is 7.11 Å². The Balaban J connectivity index is 1.89. The molecule has 29 heavy (non-hydrogen) atoms. The molecule has 2 aromatic carbocycles. The molecule has 7 heteroatoms. The summed E-state index contributed by atoms with van der Waals surface area (Å²) in [6.45, 7) is 3.38. The van der Waals surface area contributed by atoms with Crippen LogP contribution in [0.4, 0.5) is 5.69 Å². The van der Waals surface area contributed by atoms with Crippen molar-refractivity contribution in [2.45, 2.75) is 13.8 Å². The van der Waals surface area contributed by atoms with E-state index < -0.39 is 11.9 Å². The molecule has 0 saturated heterocycles. The zero-order valence-electron chi connectivity index (χ0n) is 16.5. The van der Waals surface area contributed by atoms with Crippen LogP contribution < -0.4 is 14.8 Å². The van der Waals surface area contributed by atoms with E-state index in [9.17, 15) is 9.59 Å². The van der Waals surface area contributed by atoms with Crippen LogP contribution in [0, 0.1) is 25.2 Å². The number of methoxy groups -OCH3 is 1. The normalized spacial score (nSPS) is 10.3. The number of nitrogens with zero attached hydrogens (tertiary/aromatic N) is 1. The second kappa shape index (κ2) is 10.5. The van der Waals surface area contributed by atoms with Gasteiger partial charge in [0.1, 0.15) is 6.07 Å². The molecular formula is C22H22N2O5. The summed E-state index contributed by atoms with van der Waals surface area (Å²) in [5.74, 6) is -0.204. The van der Waals surface area contributed by atoms with Crippen LogP contribution in [0.25, 0.3) is 6.08 Å². The van der Waals surface area contributed by atoms with Crippen molar-refractivity contribution in [2.75, 3.05) is 25.6 Å². The molecule has 0 saturated carbocycles. The van der Waals surface area contributed by atoms with Crippen LogP contribution in [0.5, 0.6) is 11.5 Å². The Labute approximate surface area is 169 Å². The molecule has 1 amide bonds. The van der Waals surface area contributed by atoms with E-state index in [2.05, 4.69) is 5.32 Å². The molecule has 0 aliphatic rings. The van der Waals surface area contributed by atoms with E-state index in [1.54, 1.807) is 18.2 Å². The predicted octanol–water partition coefficient (Wildman–Crippen LogP) is 3.41. The minimum absolute atomic E-state index is 0.0952. The zero-order chi connectivity index (χ0) is 21.2. The van der Waals surface area contributed by atoms with E-state index in [0.29, 0.717) is 22.7 Å². The van der Waals surface area contributed by atoms with E-state index in [4.69, 9.17) is 19.5 Å². The molecule has 7 nitrogen and oxygen atoms in total. The number of benzene rings is 2. The quantitative estimate of drug-likeness (QED) is 0.544. The van der Waals surface area contributed by atoms with Gasteiger partial charge in [0.2, 0.25) is 0 Å². The Bertz CT molecular complexity index is 960. The van der Waals surface area contributed by atoms with Gasteiger partial charge < -0.3 is 19.5 Å². The number of esters is 1. The van der Waals surface area contributed by atoms with Crippen LogP contribution in [-0.2, 0) is 14.3 Å². The first-order valence-corrected chi connectivity index (χ1v) is 8.82. The second-order valence-corrected chi connectivity index (χ2v) is 6.16. The number of nitriles is 1. The number of aryl methyl sites for hydroxylation is 2. The molecule has 0 radical (unpaired) electrons. The molecule has 0 unspecified atom stereocenters. The third-order valence-corrected chi connectivity index (χ3v) is 3.89. The number of amides is 1. The van der Waals surface area contributed by atoms with Gasteiger partial charge in [0.15, 0.2) is 24.7 Å². The monoisotopic (exact) mass is 394 g/mol. The number of ether oxygens (including phenoxy) is 3. The van der Waals surface area contributed by atoms with Crippen LogP contribution in [0.3, 0.4) is 0 Å². The minimum atomic E-state index is -0.649. The molecule has 2 rings (SSSR count). The number of nitrogens with one attached hydrogen (secondary N) is 1. The first-order chi connectivity index (χ1) is 13.9. The lowest BCUT2D eigenvalue weighted by Crippen LogP contribution is -2.20. The lowest BCUT2D eigenvalue weighted by molar-refractivity contribution is -0.142. The average Bonchev–Trinajstić information content (AvgIpc) is 2.71. The molecule has 0 atom stereocenters. The van der Waals surface area contributed by atoms with Crippen LogP contribution in [0.1, 0.15) is 16.7 Å². The van der Waals surface area contributed by atoms with Gasteiger partial charge in [-0.2, -0.15) is 5.26 Å². The van der Waals surface area contributed by atoms with Crippen molar-refractivity contribution in [3.8, 4) is 17.6 Å². The smallest absolute Gasteiger partial charge is 0.331 e. The Morgan fingerprint density at radius 2 is 1.93 bits per heavy atom. The molecule has 2 aromatic rings. The van der Waals surface area contributed by atoms with Crippen LogP contribution in [0.15, 0.2) is 42.5 Å². The van der Waals surface area contributed by atoms with Crippen LogP contribution >= 0.6 is 0 Å². The molecule has 0 bridgehead atoms. The fraction of sp³-hybridized carbons (Fsp3) is 0.227. The molecular weight excluding hydrogens is 372 g/mol. The van der Waals surface area contributed by atoms with Gasteiger partial charge in [0.25, 0.3) is 5.91 Å². The second-order valence-electron chi connectivity index (χ2n) is 6.16. The number of anilines is 1. The third-order valence-electron chi connectivity index (χ3n) is 3.89. The lowest BCUT2D eigenvalue weighted by Gasteiger charge is -2.09. The molecule has 0 spiro atoms. The summed E-state index contributed by atoms with van der Waals surface area (Å²) in [6, 6.07) is 12.5. The molecule has 0 aliphatic heterocycles. The topological polar surface area (TPSA) is 97.7 Å². The largest absolute Gasteiger partial charge is 0.493 e. The van der Waals surface area contributed by atoms with Crippen molar-refractivity contribution in [3.05, 3.63) is 59.2 Å². The molecule has 0 heterocycles. The molecule has 0 aliphatic carbocycles. The van der Waals surface area contributed by atoms with Gasteiger partial charge in [-0.15, -0.1) is 0 Å². The number of carbonyl (C=O) groups excluding carboxylic acids is 2. The minimum Gasteiger partial charge on any atom is -0.493 e. The van der Waals surface area contributed by atoms with Gasteiger partial charge in [-0.05, 0) is 49.2 Å². The van der Waals surface area contributed by atoms with Crippen molar-refractivity contribution in [2.24, 2.45) is 0 Å². The summed E-state index contributed by atoms with van der Waals surface area (Å²) < 4.78 is 15.4. The SMILES string of the molecule is COc1cc(/C=C/C(=O)OCC(=O)Nc2ccc(C)cc2C)ccc1OCC#N. The fourth-order valence-corrected chi connectivity index (χ4v) is 2.51. The number of hydrogen-bond acceptors (Lipinski definition) is 6. The predicted molar refractivity (Wildman–Crippen MR) is 109 cm³/mol. The average molecular weight is 394 g/mol. The number of carbonyl (C=O) groups is 2. The van der Waals surface area contributed by atoms with Crippen molar-refractivity contribution in [1.82, 2.24) is 0 Å². The first-order valence-electron chi connectivity index (χ1n) is 8.82. The van der Waals surface area contributed by atoms with Crippen LogP contribution in [0.2, 0.25) is 0 Å². The maximum absolute atomic E-state index is 12.0. The van der Waals surface area contributed by atoms with E-state index in [0.717, 1.165) is 11.1 Å². The van der Waals surface area contributed by atoms with E-state index in [-0.39, 0.29) is 13.2 Å². The Morgan fingerprint density at radius 1 is 1.14 bits per heavy atom. The highest BCUT2D eigenvalue weighted by molar-refractivity contribution is 5.95. The summed E-state index contributed by atoms with van der Waals surface area (Å²) in [4.78, 5) is 23.8. The lowest BCUT2D eigenvalue weighted by atomic mass is 10.1. The molecule has 1 N–H and O–H groups in total. The van der Waals surface area contributed by atoms with Crippen molar-refractivity contribution < 1.29 is 23.8 Å². The summed E-state index contributed by atoms with van der Waals surface area (Å²) in [5.41, 5.74) is 3.37.